The predicted molar refractivity (Wildman–Crippen MR) is 66.9 cm³/mol. The molecule has 2 aliphatic heterocycles. The maximum atomic E-state index is 11.7. The topological polar surface area (TPSA) is 65.4 Å². The van der Waals surface area contributed by atoms with Crippen molar-refractivity contribution in [3.63, 3.8) is 0 Å². The third-order valence-electron chi connectivity index (χ3n) is 3.10. The summed E-state index contributed by atoms with van der Waals surface area (Å²) < 4.78 is 5.28. The zero-order valence-corrected chi connectivity index (χ0v) is 11.6. The molecule has 2 fully saturated rings. The molecule has 1 N–H and O–H groups in total. The molecule has 0 aromatic heterocycles. The number of likely N-dealkylation sites (tertiary alicyclic amines) is 2. The van der Waals surface area contributed by atoms with Gasteiger partial charge in [0, 0.05) is 31.6 Å². The second-order valence-corrected chi connectivity index (χ2v) is 6.40. The summed E-state index contributed by atoms with van der Waals surface area (Å²) in [6, 6.07) is 0. The monoisotopic (exact) mass is 275 g/mol. The Morgan fingerprint density at radius 3 is 2.22 bits per heavy atom. The second kappa shape index (κ2) is 4.19. The van der Waals surface area contributed by atoms with Gasteiger partial charge in [0.25, 0.3) is 0 Å². The normalized spacial score (nSPS) is 22.6. The fourth-order valence-corrected chi connectivity index (χ4v) is 2.50. The smallest absolute Gasteiger partial charge is 0.410 e. The molecule has 0 aromatic carbocycles. The molecule has 1 spiro atoms. The van der Waals surface area contributed by atoms with Gasteiger partial charge in [-0.05, 0) is 32.4 Å². The summed E-state index contributed by atoms with van der Waals surface area (Å²) in [4.78, 5) is 15.2. The molecule has 18 heavy (non-hydrogen) atoms. The van der Waals surface area contributed by atoms with Crippen LogP contribution in [-0.4, -0.2) is 58.2 Å². The molecule has 1 amide bonds. The molecule has 2 saturated heterocycles. The van der Waals surface area contributed by atoms with Crippen LogP contribution < -0.4 is 0 Å². The lowest BCUT2D eigenvalue weighted by molar-refractivity contribution is -0.0884. The Balaban J connectivity index is 1.77. The predicted octanol–water partition coefficient (Wildman–Crippen LogP) is 1.52. The average Bonchev–Trinajstić information content (AvgIpc) is 2.09. The van der Waals surface area contributed by atoms with Crippen molar-refractivity contribution in [2.45, 2.75) is 26.4 Å². The molecule has 0 radical (unpaired) electrons. The van der Waals surface area contributed by atoms with Gasteiger partial charge in [-0.3, -0.25) is 0 Å². The molecule has 2 rings (SSSR count). The molecule has 2 aliphatic rings. The Labute approximate surface area is 111 Å². The minimum Gasteiger partial charge on any atom is -0.444 e. The van der Waals surface area contributed by atoms with Gasteiger partial charge in [-0.15, -0.1) is 0 Å². The highest BCUT2D eigenvalue weighted by atomic mass is 35.5. The fraction of sp³-hybridized carbons (Fsp3) is 0.818. The van der Waals surface area contributed by atoms with Gasteiger partial charge in [-0.25, -0.2) is 4.79 Å². The van der Waals surface area contributed by atoms with Gasteiger partial charge in [-0.1, -0.05) is 5.16 Å². The fourth-order valence-electron chi connectivity index (χ4n) is 2.38. The Kier molecular flexibility index (Phi) is 3.09. The molecular weight excluding hydrogens is 258 g/mol. The van der Waals surface area contributed by atoms with Crippen molar-refractivity contribution in [3.8, 4) is 0 Å². The minimum absolute atomic E-state index is 0.0989. The van der Waals surface area contributed by atoms with E-state index in [0.29, 0.717) is 13.1 Å². The Bertz CT molecular complexity index is 377. The highest BCUT2D eigenvalue weighted by molar-refractivity contribution is 6.64. The van der Waals surface area contributed by atoms with Gasteiger partial charge >= 0.3 is 6.09 Å². The van der Waals surface area contributed by atoms with E-state index in [1.807, 2.05) is 20.8 Å². The summed E-state index contributed by atoms with van der Waals surface area (Å²) in [5, 5.41) is 11.6. The molecule has 0 atom stereocenters. The van der Waals surface area contributed by atoms with Crippen LogP contribution in [0, 0.1) is 5.41 Å². The van der Waals surface area contributed by atoms with E-state index in [1.54, 1.807) is 9.80 Å². The molecule has 6 nitrogen and oxygen atoms in total. The first kappa shape index (κ1) is 13.3. The third kappa shape index (κ3) is 2.48. The number of ether oxygens (including phenoxy) is 1. The number of hydrogen-bond acceptors (Lipinski definition) is 4. The third-order valence-corrected chi connectivity index (χ3v) is 3.41. The van der Waals surface area contributed by atoms with E-state index < -0.39 is 5.60 Å². The van der Waals surface area contributed by atoms with Gasteiger partial charge < -0.3 is 19.7 Å². The Morgan fingerprint density at radius 1 is 1.28 bits per heavy atom. The van der Waals surface area contributed by atoms with Crippen LogP contribution >= 0.6 is 11.6 Å². The number of amides is 1. The van der Waals surface area contributed by atoms with Crippen molar-refractivity contribution >= 4 is 23.0 Å². The SMILES string of the molecule is CC(C)(C)OC(=O)N1CC2(C1)CN(/C(Cl)=N\O)C2. The van der Waals surface area contributed by atoms with Crippen LogP contribution in [-0.2, 0) is 4.74 Å². The molecule has 102 valence electrons. The van der Waals surface area contributed by atoms with Crippen LogP contribution in [0.5, 0.6) is 0 Å². The maximum absolute atomic E-state index is 11.7. The summed E-state index contributed by atoms with van der Waals surface area (Å²) in [5.74, 6) is 0. The van der Waals surface area contributed by atoms with E-state index in [-0.39, 0.29) is 16.8 Å². The number of rotatable bonds is 0. The van der Waals surface area contributed by atoms with Gasteiger partial charge in [0.2, 0.25) is 5.29 Å². The number of halogens is 1. The summed E-state index contributed by atoms with van der Waals surface area (Å²) in [7, 11) is 0. The van der Waals surface area contributed by atoms with Crippen LogP contribution in [0.1, 0.15) is 20.8 Å². The summed E-state index contributed by atoms with van der Waals surface area (Å²) in [6.07, 6.45) is -0.270. The van der Waals surface area contributed by atoms with Gasteiger partial charge in [-0.2, -0.15) is 0 Å². The molecule has 0 bridgehead atoms. The van der Waals surface area contributed by atoms with Crippen molar-refractivity contribution in [3.05, 3.63) is 0 Å². The minimum atomic E-state index is -0.460. The van der Waals surface area contributed by atoms with E-state index in [2.05, 4.69) is 5.16 Å². The number of carbonyl (C=O) groups excluding carboxylic acids is 1. The lowest BCUT2D eigenvalue weighted by atomic mass is 9.73. The van der Waals surface area contributed by atoms with Crippen molar-refractivity contribution in [2.24, 2.45) is 10.6 Å². The van der Waals surface area contributed by atoms with Crippen molar-refractivity contribution < 1.29 is 14.7 Å². The standard InChI is InChI=1S/C11H18ClN3O3/c1-10(2,3)18-9(16)15-6-11(7-15)4-14(5-11)8(12)13-17/h17H,4-7H2,1-3H3/b13-8-. The molecule has 0 unspecified atom stereocenters. The van der Waals surface area contributed by atoms with E-state index in [4.69, 9.17) is 21.5 Å². The number of oxime groups is 1. The van der Waals surface area contributed by atoms with Crippen LogP contribution in [0.25, 0.3) is 0 Å². The number of hydrogen-bond donors (Lipinski definition) is 1. The molecule has 0 aliphatic carbocycles. The number of amidine groups is 1. The zero-order chi connectivity index (χ0) is 13.6. The van der Waals surface area contributed by atoms with Gasteiger partial charge in [0.15, 0.2) is 0 Å². The Hall–Kier alpha value is -1.17. The largest absolute Gasteiger partial charge is 0.444 e. The zero-order valence-electron chi connectivity index (χ0n) is 10.8. The van der Waals surface area contributed by atoms with Crippen LogP contribution in [0.3, 0.4) is 0 Å². The summed E-state index contributed by atoms with van der Waals surface area (Å²) in [6.45, 7) is 8.33. The quantitative estimate of drug-likeness (QED) is 0.239. The van der Waals surface area contributed by atoms with E-state index in [1.165, 1.54) is 0 Å². The lowest BCUT2D eigenvalue weighted by Crippen LogP contribution is -2.73. The first-order valence-electron chi connectivity index (χ1n) is 5.85. The first-order chi connectivity index (χ1) is 8.25. The first-order valence-corrected chi connectivity index (χ1v) is 6.23. The summed E-state index contributed by atoms with van der Waals surface area (Å²) in [5.41, 5.74) is -0.361. The molecule has 2 heterocycles. The van der Waals surface area contributed by atoms with E-state index in [0.717, 1.165) is 13.1 Å². The van der Waals surface area contributed by atoms with Crippen molar-refractivity contribution in [1.29, 1.82) is 0 Å². The van der Waals surface area contributed by atoms with Crippen molar-refractivity contribution in [2.75, 3.05) is 26.2 Å². The number of nitrogens with zero attached hydrogens (tertiary/aromatic N) is 3. The van der Waals surface area contributed by atoms with Gasteiger partial charge in [0.05, 0.1) is 0 Å². The lowest BCUT2D eigenvalue weighted by Gasteiger charge is -2.59. The van der Waals surface area contributed by atoms with Crippen LogP contribution in [0.4, 0.5) is 4.79 Å². The number of carbonyl (C=O) groups is 1. The molecule has 7 heteroatoms. The highest BCUT2D eigenvalue weighted by Gasteiger charge is 2.54. The van der Waals surface area contributed by atoms with E-state index in [9.17, 15) is 4.79 Å². The van der Waals surface area contributed by atoms with Crippen molar-refractivity contribution in [1.82, 2.24) is 9.80 Å². The van der Waals surface area contributed by atoms with Crippen LogP contribution in [0.2, 0.25) is 0 Å². The highest BCUT2D eigenvalue weighted by Crippen LogP contribution is 2.40. The second-order valence-electron chi connectivity index (χ2n) is 6.06. The van der Waals surface area contributed by atoms with E-state index >= 15 is 0 Å². The maximum Gasteiger partial charge on any atom is 0.410 e. The molecule has 0 saturated carbocycles. The summed E-state index contributed by atoms with van der Waals surface area (Å²) >= 11 is 5.68. The van der Waals surface area contributed by atoms with Crippen LogP contribution in [0.15, 0.2) is 5.16 Å². The molecule has 0 aromatic rings. The average molecular weight is 276 g/mol. The molecular formula is C11H18ClN3O3. The van der Waals surface area contributed by atoms with Gasteiger partial charge in [0.1, 0.15) is 5.60 Å². The Morgan fingerprint density at radius 2 is 1.78 bits per heavy atom.